The van der Waals surface area contributed by atoms with Gasteiger partial charge >= 0.3 is 0 Å². The Morgan fingerprint density at radius 1 is 1.13 bits per heavy atom. The van der Waals surface area contributed by atoms with Crippen LogP contribution in [0.25, 0.3) is 6.08 Å². The number of ether oxygens (including phenoxy) is 2. The summed E-state index contributed by atoms with van der Waals surface area (Å²) in [6, 6.07) is 11.7. The topological polar surface area (TPSA) is 59.9 Å². The molecule has 2 aromatic rings. The molecule has 0 aliphatic carbocycles. The summed E-state index contributed by atoms with van der Waals surface area (Å²) in [6.45, 7) is 11.4. The lowest BCUT2D eigenvalue weighted by molar-refractivity contribution is -0.115. The number of benzene rings is 2. The van der Waals surface area contributed by atoms with Gasteiger partial charge in [-0.25, -0.2) is 4.99 Å². The summed E-state index contributed by atoms with van der Waals surface area (Å²) in [6.07, 6.45) is 1.85. The Bertz CT molecular complexity index is 996. The predicted molar refractivity (Wildman–Crippen MR) is 125 cm³/mol. The Kier molecular flexibility index (Phi) is 7.21. The molecule has 1 aliphatic rings. The fourth-order valence-electron chi connectivity index (χ4n) is 2.86. The number of carbonyl (C=O) groups excluding carboxylic acids is 1. The molecule has 0 spiro atoms. The number of hydrogen-bond acceptors (Lipinski definition) is 5. The van der Waals surface area contributed by atoms with Crippen molar-refractivity contribution in [2.75, 3.05) is 13.2 Å². The van der Waals surface area contributed by atoms with Gasteiger partial charge in [0.25, 0.3) is 5.91 Å². The number of carbonyl (C=O) groups is 1. The number of nitrogens with zero attached hydrogens (tertiary/aromatic N) is 1. The van der Waals surface area contributed by atoms with E-state index in [1.807, 2.05) is 50.3 Å². The van der Waals surface area contributed by atoms with Crippen LogP contribution in [-0.2, 0) is 4.79 Å². The molecular weight excluding hydrogens is 396 g/mol. The van der Waals surface area contributed by atoms with Crippen LogP contribution in [0.15, 0.2) is 46.3 Å². The van der Waals surface area contributed by atoms with E-state index in [0.29, 0.717) is 40.7 Å². The number of amides is 1. The molecule has 1 amide bonds. The van der Waals surface area contributed by atoms with Gasteiger partial charge in [-0.2, -0.15) is 0 Å². The summed E-state index contributed by atoms with van der Waals surface area (Å²) in [4.78, 5) is 17.7. The highest BCUT2D eigenvalue weighted by Gasteiger charge is 2.24. The van der Waals surface area contributed by atoms with Gasteiger partial charge in [0.2, 0.25) is 0 Å². The maximum Gasteiger partial charge on any atom is 0.264 e. The monoisotopic (exact) mass is 424 g/mol. The van der Waals surface area contributed by atoms with Gasteiger partial charge in [0, 0.05) is 0 Å². The molecule has 5 nitrogen and oxygen atoms in total. The third-order valence-corrected chi connectivity index (χ3v) is 5.50. The summed E-state index contributed by atoms with van der Waals surface area (Å²) < 4.78 is 11.6. The maximum absolute atomic E-state index is 12.4. The largest absolute Gasteiger partial charge is 0.490 e. The fraction of sp³-hybridized carbons (Fsp3) is 0.333. The van der Waals surface area contributed by atoms with Crippen molar-refractivity contribution in [2.45, 2.75) is 34.6 Å². The zero-order chi connectivity index (χ0) is 21.7. The third-order valence-electron chi connectivity index (χ3n) is 4.59. The second kappa shape index (κ2) is 9.85. The predicted octanol–water partition coefficient (Wildman–Crippen LogP) is 5.63. The molecule has 1 aliphatic heterocycles. The maximum atomic E-state index is 12.4. The molecule has 0 saturated carbocycles. The SMILES string of the molecule is CCOc1cc(C=C2SC(=Nc3cccc(C)c3C)NC2=O)ccc1OCC(C)C. The van der Waals surface area contributed by atoms with Crippen molar-refractivity contribution in [3.05, 3.63) is 58.0 Å². The van der Waals surface area contributed by atoms with Crippen LogP contribution >= 0.6 is 11.8 Å². The Labute approximate surface area is 182 Å². The minimum atomic E-state index is -0.151. The number of nitrogens with one attached hydrogen (secondary N) is 1. The van der Waals surface area contributed by atoms with Gasteiger partial charge in [-0.15, -0.1) is 0 Å². The van der Waals surface area contributed by atoms with Crippen LogP contribution in [-0.4, -0.2) is 24.3 Å². The normalized spacial score (nSPS) is 16.4. The van der Waals surface area contributed by atoms with Crippen molar-refractivity contribution in [3.63, 3.8) is 0 Å². The number of thioether (sulfide) groups is 1. The number of amidine groups is 1. The van der Waals surface area contributed by atoms with Gasteiger partial charge in [-0.05, 0) is 79.4 Å². The molecular formula is C24H28N2O3S. The Hall–Kier alpha value is -2.73. The third kappa shape index (κ3) is 5.45. The van der Waals surface area contributed by atoms with Gasteiger partial charge < -0.3 is 14.8 Å². The highest BCUT2D eigenvalue weighted by atomic mass is 32.2. The number of rotatable bonds is 7. The van der Waals surface area contributed by atoms with E-state index in [0.717, 1.165) is 16.8 Å². The summed E-state index contributed by atoms with van der Waals surface area (Å²) in [5.74, 6) is 1.67. The zero-order valence-corrected chi connectivity index (χ0v) is 18.9. The number of aliphatic imine (C=N–C) groups is 1. The molecule has 0 bridgehead atoms. The van der Waals surface area contributed by atoms with E-state index in [2.05, 4.69) is 37.1 Å². The van der Waals surface area contributed by atoms with Crippen molar-refractivity contribution in [1.29, 1.82) is 0 Å². The molecule has 1 N–H and O–H groups in total. The van der Waals surface area contributed by atoms with Crippen molar-refractivity contribution in [2.24, 2.45) is 10.9 Å². The van der Waals surface area contributed by atoms with Crippen LogP contribution in [0.3, 0.4) is 0 Å². The minimum absolute atomic E-state index is 0.151. The average molecular weight is 425 g/mol. The van der Waals surface area contributed by atoms with Crippen LogP contribution in [0.5, 0.6) is 11.5 Å². The summed E-state index contributed by atoms with van der Waals surface area (Å²) in [5, 5.41) is 3.44. The van der Waals surface area contributed by atoms with Crippen molar-refractivity contribution in [3.8, 4) is 11.5 Å². The van der Waals surface area contributed by atoms with Crippen LogP contribution in [0.1, 0.15) is 37.5 Å². The molecule has 1 heterocycles. The van der Waals surface area contributed by atoms with Crippen LogP contribution in [0, 0.1) is 19.8 Å². The van der Waals surface area contributed by atoms with E-state index in [-0.39, 0.29) is 5.91 Å². The highest BCUT2D eigenvalue weighted by Crippen LogP contribution is 2.33. The molecule has 6 heteroatoms. The van der Waals surface area contributed by atoms with E-state index in [4.69, 9.17) is 9.47 Å². The number of hydrogen-bond donors (Lipinski definition) is 1. The van der Waals surface area contributed by atoms with E-state index < -0.39 is 0 Å². The zero-order valence-electron chi connectivity index (χ0n) is 18.1. The first-order chi connectivity index (χ1) is 14.4. The summed E-state index contributed by atoms with van der Waals surface area (Å²) >= 11 is 1.34. The van der Waals surface area contributed by atoms with Crippen molar-refractivity contribution >= 4 is 34.6 Å². The van der Waals surface area contributed by atoms with Gasteiger partial charge in [0.15, 0.2) is 16.7 Å². The molecule has 0 unspecified atom stereocenters. The van der Waals surface area contributed by atoms with Crippen LogP contribution in [0.2, 0.25) is 0 Å². The Morgan fingerprint density at radius 3 is 2.67 bits per heavy atom. The Balaban J connectivity index is 1.82. The fourth-order valence-corrected chi connectivity index (χ4v) is 3.69. The van der Waals surface area contributed by atoms with Gasteiger partial charge in [0.05, 0.1) is 23.8 Å². The molecule has 1 fully saturated rings. The smallest absolute Gasteiger partial charge is 0.264 e. The van der Waals surface area contributed by atoms with E-state index in [1.165, 1.54) is 17.3 Å². The first kappa shape index (κ1) is 22.0. The minimum Gasteiger partial charge on any atom is -0.490 e. The molecule has 3 rings (SSSR count). The van der Waals surface area contributed by atoms with Crippen LogP contribution in [0.4, 0.5) is 5.69 Å². The standard InChI is InChI=1S/C24H28N2O3S/c1-6-28-21-12-18(10-11-20(21)29-14-15(2)3)13-22-23(27)26-24(30-22)25-19-9-7-8-16(4)17(19)5/h7-13,15H,6,14H2,1-5H3,(H,25,26,27). The Morgan fingerprint density at radius 2 is 1.93 bits per heavy atom. The van der Waals surface area contributed by atoms with Gasteiger partial charge in [-0.1, -0.05) is 32.0 Å². The van der Waals surface area contributed by atoms with E-state index >= 15 is 0 Å². The van der Waals surface area contributed by atoms with E-state index in [1.54, 1.807) is 0 Å². The summed E-state index contributed by atoms with van der Waals surface area (Å²) in [5.41, 5.74) is 4.02. The van der Waals surface area contributed by atoms with Crippen LogP contribution < -0.4 is 14.8 Å². The quantitative estimate of drug-likeness (QED) is 0.585. The average Bonchev–Trinajstić information content (AvgIpc) is 3.04. The number of aryl methyl sites for hydroxylation is 1. The molecule has 30 heavy (non-hydrogen) atoms. The summed E-state index contributed by atoms with van der Waals surface area (Å²) in [7, 11) is 0. The lowest BCUT2D eigenvalue weighted by Crippen LogP contribution is -2.19. The lowest BCUT2D eigenvalue weighted by Gasteiger charge is -2.14. The van der Waals surface area contributed by atoms with Gasteiger partial charge in [0.1, 0.15) is 0 Å². The molecule has 0 atom stereocenters. The molecule has 0 aromatic heterocycles. The first-order valence-electron chi connectivity index (χ1n) is 10.1. The molecule has 1 saturated heterocycles. The first-order valence-corrected chi connectivity index (χ1v) is 10.9. The highest BCUT2D eigenvalue weighted by molar-refractivity contribution is 8.18. The second-order valence-corrected chi connectivity index (χ2v) is 8.58. The van der Waals surface area contributed by atoms with Crippen molar-refractivity contribution < 1.29 is 14.3 Å². The van der Waals surface area contributed by atoms with E-state index in [9.17, 15) is 4.79 Å². The van der Waals surface area contributed by atoms with Gasteiger partial charge in [-0.3, -0.25) is 4.79 Å². The van der Waals surface area contributed by atoms with Crippen molar-refractivity contribution in [1.82, 2.24) is 5.32 Å². The molecule has 0 radical (unpaired) electrons. The molecule has 158 valence electrons. The second-order valence-electron chi connectivity index (χ2n) is 7.54. The molecule has 2 aromatic carbocycles. The lowest BCUT2D eigenvalue weighted by atomic mass is 10.1.